The molecule has 0 saturated heterocycles. The highest BCUT2D eigenvalue weighted by atomic mass is 35.5. The maximum Gasteiger partial charge on any atom is 0.414 e. The molecular formula is C18H17ClF3N5O2S2. The highest BCUT2D eigenvalue weighted by Gasteiger charge is 2.46. The normalized spacial score (nSPS) is 20.0. The zero-order chi connectivity index (χ0) is 23.0. The summed E-state index contributed by atoms with van der Waals surface area (Å²) in [6, 6.07) is -0.485. The van der Waals surface area contributed by atoms with Gasteiger partial charge in [-0.25, -0.2) is 9.97 Å². The molecule has 0 fully saturated rings. The highest BCUT2D eigenvalue weighted by molar-refractivity contribution is 7.13. The number of aryl methyl sites for hydroxylation is 1. The molecule has 0 spiro atoms. The average molecular weight is 492 g/mol. The number of dihydropyridines is 1. The van der Waals surface area contributed by atoms with E-state index >= 15 is 0 Å². The maximum absolute atomic E-state index is 13.2. The van der Waals surface area contributed by atoms with E-state index in [0.29, 0.717) is 15.6 Å². The van der Waals surface area contributed by atoms with Gasteiger partial charge < -0.3 is 10.6 Å². The van der Waals surface area contributed by atoms with E-state index in [0.717, 1.165) is 17.4 Å². The van der Waals surface area contributed by atoms with Gasteiger partial charge >= 0.3 is 6.18 Å². The summed E-state index contributed by atoms with van der Waals surface area (Å²) in [6.07, 6.45) is -2.62. The number of hydrogen-bond acceptors (Lipinski definition) is 7. The van der Waals surface area contributed by atoms with Crippen LogP contribution in [0.5, 0.6) is 0 Å². The summed E-state index contributed by atoms with van der Waals surface area (Å²) < 4.78 is 39.7. The van der Waals surface area contributed by atoms with E-state index < -0.39 is 28.6 Å². The lowest BCUT2D eigenvalue weighted by atomic mass is 9.97. The largest absolute Gasteiger partial charge is 0.414 e. The third-order valence-electron chi connectivity index (χ3n) is 4.35. The molecule has 1 aliphatic heterocycles. The van der Waals surface area contributed by atoms with Gasteiger partial charge in [0.1, 0.15) is 20.6 Å². The topological polar surface area (TPSA) is 96.3 Å². The monoisotopic (exact) mass is 491 g/mol. The van der Waals surface area contributed by atoms with Crippen molar-refractivity contribution in [2.24, 2.45) is 4.99 Å². The number of carbonyl (C=O) groups excluding carboxylic acids is 2. The van der Waals surface area contributed by atoms with Crippen LogP contribution < -0.4 is 10.6 Å². The molecule has 2 aromatic heterocycles. The molecule has 0 radical (unpaired) electrons. The highest BCUT2D eigenvalue weighted by Crippen LogP contribution is 2.39. The number of aromatic nitrogens is 2. The number of hydrogen-bond donors (Lipinski definition) is 2. The Balaban J connectivity index is 1.68. The molecule has 0 aromatic carbocycles. The summed E-state index contributed by atoms with van der Waals surface area (Å²) in [6.45, 7) is 4.32. The first-order valence-electron chi connectivity index (χ1n) is 8.89. The van der Waals surface area contributed by atoms with Crippen molar-refractivity contribution in [2.75, 3.05) is 6.54 Å². The van der Waals surface area contributed by atoms with Crippen LogP contribution in [-0.2, 0) is 0 Å². The third kappa shape index (κ3) is 5.31. The van der Waals surface area contributed by atoms with Crippen molar-refractivity contribution in [3.05, 3.63) is 43.8 Å². The molecule has 3 rings (SSSR count). The van der Waals surface area contributed by atoms with Gasteiger partial charge in [-0.05, 0) is 26.8 Å². The Kier molecular flexibility index (Phi) is 6.53. The first-order chi connectivity index (χ1) is 14.4. The van der Waals surface area contributed by atoms with Gasteiger partial charge in [-0.2, -0.15) is 13.2 Å². The number of carbonyl (C=O) groups is 2. The van der Waals surface area contributed by atoms with Crippen LogP contribution in [0.3, 0.4) is 0 Å². The Morgan fingerprint density at radius 3 is 2.61 bits per heavy atom. The Morgan fingerprint density at radius 1 is 1.29 bits per heavy atom. The smallest absolute Gasteiger partial charge is 0.342 e. The van der Waals surface area contributed by atoms with Crippen molar-refractivity contribution in [1.82, 2.24) is 20.6 Å². The Hall–Kier alpha value is -2.31. The maximum atomic E-state index is 13.2. The van der Waals surface area contributed by atoms with E-state index in [2.05, 4.69) is 25.6 Å². The number of alkyl halides is 4. The molecule has 2 aromatic rings. The first kappa shape index (κ1) is 23.4. The van der Waals surface area contributed by atoms with Crippen LogP contribution in [0.1, 0.15) is 49.9 Å². The number of amides is 2. The first-order valence-corrected chi connectivity index (χ1v) is 11.0. The molecule has 0 aliphatic carbocycles. The number of thiazole rings is 2. The van der Waals surface area contributed by atoms with Gasteiger partial charge in [0.15, 0.2) is 0 Å². The number of nitrogens with one attached hydrogen (secondary N) is 2. The molecule has 166 valence electrons. The molecule has 7 nitrogen and oxygen atoms in total. The zero-order valence-electron chi connectivity index (χ0n) is 16.5. The van der Waals surface area contributed by atoms with Crippen molar-refractivity contribution in [1.29, 1.82) is 0 Å². The zero-order valence-corrected chi connectivity index (χ0v) is 18.9. The summed E-state index contributed by atoms with van der Waals surface area (Å²) >= 11 is 8.14. The van der Waals surface area contributed by atoms with E-state index in [-0.39, 0.29) is 23.2 Å². The Morgan fingerprint density at radius 2 is 2.00 bits per heavy atom. The number of amidine groups is 1. The minimum absolute atomic E-state index is 0.161. The van der Waals surface area contributed by atoms with E-state index in [4.69, 9.17) is 11.6 Å². The predicted molar refractivity (Wildman–Crippen MR) is 113 cm³/mol. The molecule has 0 saturated carbocycles. The van der Waals surface area contributed by atoms with E-state index in [1.807, 2.05) is 0 Å². The molecule has 31 heavy (non-hydrogen) atoms. The van der Waals surface area contributed by atoms with Crippen LogP contribution in [-0.4, -0.2) is 45.2 Å². The molecule has 3 heterocycles. The van der Waals surface area contributed by atoms with Crippen molar-refractivity contribution < 1.29 is 22.8 Å². The molecule has 2 N–H and O–H groups in total. The van der Waals surface area contributed by atoms with Crippen molar-refractivity contribution in [3.8, 4) is 0 Å². The second-order valence-electron chi connectivity index (χ2n) is 6.93. The van der Waals surface area contributed by atoms with Gasteiger partial charge in [0, 0.05) is 0 Å². The van der Waals surface area contributed by atoms with Crippen LogP contribution in [0, 0.1) is 6.92 Å². The van der Waals surface area contributed by atoms with E-state index in [1.165, 1.54) is 24.5 Å². The summed E-state index contributed by atoms with van der Waals surface area (Å²) in [5.41, 5.74) is 1.20. The molecule has 1 aliphatic rings. The van der Waals surface area contributed by atoms with Crippen LogP contribution in [0.25, 0.3) is 0 Å². The quantitative estimate of drug-likeness (QED) is 0.631. The van der Waals surface area contributed by atoms with Crippen LogP contribution in [0.15, 0.2) is 28.3 Å². The third-order valence-corrected chi connectivity index (χ3v) is 6.78. The van der Waals surface area contributed by atoms with E-state index in [9.17, 15) is 22.8 Å². The van der Waals surface area contributed by atoms with Gasteiger partial charge in [0.2, 0.25) is 0 Å². The lowest BCUT2D eigenvalue weighted by Gasteiger charge is -2.29. The standard InChI is InChI=1S/C18H17ClF3N5O2S2/c1-8-13(30-7-25-8)15(29)26-9(2)16-23-5-10(31-16)14(28)27-12-4-11(18(20,21)22)17(3,19)6-24-12/h4-5,7,9H,6H2,1-3H3,(H,26,29)(H,24,27,28)/t9-,17?/m1/s1. The van der Waals surface area contributed by atoms with Gasteiger partial charge in [-0.1, -0.05) is 0 Å². The number of nitrogens with zero attached hydrogens (tertiary/aromatic N) is 3. The van der Waals surface area contributed by atoms with Gasteiger partial charge in [-0.3, -0.25) is 14.6 Å². The van der Waals surface area contributed by atoms with Crippen molar-refractivity contribution >= 4 is 51.9 Å². The van der Waals surface area contributed by atoms with Crippen LogP contribution in [0.4, 0.5) is 13.2 Å². The number of rotatable bonds is 4. The minimum Gasteiger partial charge on any atom is -0.342 e. The van der Waals surface area contributed by atoms with Gasteiger partial charge in [0.05, 0.1) is 40.4 Å². The predicted octanol–water partition coefficient (Wildman–Crippen LogP) is 4.03. The molecule has 2 atom stereocenters. The fourth-order valence-corrected chi connectivity index (χ4v) is 4.46. The number of halogens is 4. The van der Waals surface area contributed by atoms with Crippen molar-refractivity contribution in [3.63, 3.8) is 0 Å². The van der Waals surface area contributed by atoms with E-state index in [1.54, 1.807) is 19.4 Å². The minimum atomic E-state index is -4.65. The second kappa shape index (κ2) is 8.67. The summed E-state index contributed by atoms with van der Waals surface area (Å²) in [5, 5.41) is 5.59. The lowest BCUT2D eigenvalue weighted by molar-refractivity contribution is -0.0965. The Labute approximate surface area is 188 Å². The molecule has 2 amide bonds. The summed E-state index contributed by atoms with van der Waals surface area (Å²) in [7, 11) is 0. The summed E-state index contributed by atoms with van der Waals surface area (Å²) in [5.74, 6) is -1.19. The van der Waals surface area contributed by atoms with Gasteiger partial charge in [0.25, 0.3) is 11.8 Å². The molecule has 1 unspecified atom stereocenters. The fourth-order valence-electron chi connectivity index (χ4n) is 2.72. The van der Waals surface area contributed by atoms with Gasteiger partial charge in [-0.15, -0.1) is 34.3 Å². The fraction of sp³-hybridized carbons (Fsp3) is 0.389. The lowest BCUT2D eigenvalue weighted by Crippen LogP contribution is -2.40. The molecular weight excluding hydrogens is 475 g/mol. The average Bonchev–Trinajstić information content (AvgIpc) is 3.31. The summed E-state index contributed by atoms with van der Waals surface area (Å²) in [4.78, 5) is 35.8. The molecule has 0 bridgehead atoms. The number of aliphatic imine (C=N–C) groups is 1. The Bertz CT molecular complexity index is 1070. The van der Waals surface area contributed by atoms with Crippen LogP contribution >= 0.6 is 34.3 Å². The van der Waals surface area contributed by atoms with Crippen LogP contribution in [0.2, 0.25) is 0 Å². The second-order valence-corrected chi connectivity index (χ2v) is 9.68. The SMILES string of the molecule is Cc1ncsc1C(=O)N[C@H](C)c1ncc(C(=O)NC2=NCC(C)(Cl)C(C(F)(F)F)=C2)s1. The molecule has 13 heteroatoms. The van der Waals surface area contributed by atoms with Crippen molar-refractivity contribution in [2.45, 2.75) is 37.9 Å².